The molecule has 0 bridgehead atoms. The number of benzene rings is 2. The first-order valence-corrected chi connectivity index (χ1v) is 9.09. The van der Waals surface area contributed by atoms with E-state index in [0.717, 1.165) is 16.8 Å². The Bertz CT molecular complexity index is 997. The number of nitrogens with zero attached hydrogens (tertiary/aromatic N) is 2. The van der Waals surface area contributed by atoms with Gasteiger partial charge in [0.2, 0.25) is 0 Å². The van der Waals surface area contributed by atoms with Crippen LogP contribution in [0.3, 0.4) is 0 Å². The summed E-state index contributed by atoms with van der Waals surface area (Å²) in [6.45, 7) is 2.03. The van der Waals surface area contributed by atoms with Gasteiger partial charge in [0.1, 0.15) is 17.6 Å². The molecule has 142 valence electrons. The van der Waals surface area contributed by atoms with Gasteiger partial charge >= 0.3 is 0 Å². The molecule has 0 unspecified atom stereocenters. The molecule has 2 aromatic carbocycles. The van der Waals surface area contributed by atoms with Gasteiger partial charge in [0.25, 0.3) is 5.91 Å². The summed E-state index contributed by atoms with van der Waals surface area (Å²) in [5, 5.41) is 9.00. The average Bonchev–Trinajstić information content (AvgIpc) is 3.36. The Morgan fingerprint density at radius 2 is 2.04 bits per heavy atom. The van der Waals surface area contributed by atoms with Crippen molar-refractivity contribution in [2.24, 2.45) is 5.10 Å². The number of anilines is 1. The third-order valence-corrected chi connectivity index (χ3v) is 4.69. The molecule has 1 atom stereocenters. The third-order valence-electron chi connectivity index (χ3n) is 4.69. The molecule has 1 aliphatic rings. The zero-order chi connectivity index (χ0) is 19.5. The molecule has 28 heavy (non-hydrogen) atoms. The number of furan rings is 1. The van der Waals surface area contributed by atoms with Crippen LogP contribution >= 0.6 is 0 Å². The second kappa shape index (κ2) is 7.68. The van der Waals surface area contributed by atoms with E-state index >= 15 is 0 Å². The van der Waals surface area contributed by atoms with Gasteiger partial charge in [0.05, 0.1) is 18.5 Å². The molecule has 0 fully saturated rings. The highest BCUT2D eigenvalue weighted by Gasteiger charge is 2.34. The molecule has 1 N–H and O–H groups in total. The van der Waals surface area contributed by atoms with Gasteiger partial charge in [-0.25, -0.2) is 9.40 Å². The van der Waals surface area contributed by atoms with Gasteiger partial charge in [-0.05, 0) is 42.8 Å². The van der Waals surface area contributed by atoms with Crippen molar-refractivity contribution in [1.29, 1.82) is 0 Å². The molecule has 6 heteroatoms. The second-order valence-corrected chi connectivity index (χ2v) is 6.75. The Morgan fingerprint density at radius 1 is 1.21 bits per heavy atom. The topological polar surface area (TPSA) is 57.8 Å². The summed E-state index contributed by atoms with van der Waals surface area (Å²) in [6.07, 6.45) is 2.16. The fourth-order valence-electron chi connectivity index (χ4n) is 3.22. The van der Waals surface area contributed by atoms with Crippen LogP contribution in [0, 0.1) is 12.7 Å². The van der Waals surface area contributed by atoms with Crippen LogP contribution in [0.4, 0.5) is 10.1 Å². The minimum atomic E-state index is -0.355. The molecule has 1 amide bonds. The van der Waals surface area contributed by atoms with Crippen molar-refractivity contribution < 1.29 is 13.6 Å². The van der Waals surface area contributed by atoms with E-state index in [9.17, 15) is 9.18 Å². The van der Waals surface area contributed by atoms with Gasteiger partial charge in [-0.2, -0.15) is 5.10 Å². The summed E-state index contributed by atoms with van der Waals surface area (Å²) in [7, 11) is 0. The van der Waals surface area contributed by atoms with Crippen LogP contribution in [-0.4, -0.2) is 23.2 Å². The number of carbonyl (C=O) groups is 1. The van der Waals surface area contributed by atoms with Gasteiger partial charge in [-0.3, -0.25) is 4.79 Å². The lowest BCUT2D eigenvalue weighted by Gasteiger charge is -2.20. The normalized spacial score (nSPS) is 16.1. The molecule has 0 aliphatic carbocycles. The maximum absolute atomic E-state index is 13.3. The van der Waals surface area contributed by atoms with Gasteiger partial charge in [-0.1, -0.05) is 35.9 Å². The smallest absolute Gasteiger partial charge is 0.262 e. The molecule has 2 heterocycles. The summed E-state index contributed by atoms with van der Waals surface area (Å²) in [6, 6.07) is 17.4. The minimum Gasteiger partial charge on any atom is -0.467 e. The number of hydrogen-bond acceptors (Lipinski definition) is 4. The van der Waals surface area contributed by atoms with Crippen molar-refractivity contribution in [1.82, 2.24) is 5.01 Å². The molecule has 1 aromatic heterocycles. The second-order valence-electron chi connectivity index (χ2n) is 6.75. The lowest BCUT2D eigenvalue weighted by molar-refractivity contribution is -0.131. The Kier molecular flexibility index (Phi) is 4.93. The molecule has 3 aromatic rings. The predicted octanol–water partition coefficient (Wildman–Crippen LogP) is 4.52. The van der Waals surface area contributed by atoms with Crippen LogP contribution in [-0.2, 0) is 4.79 Å². The van der Waals surface area contributed by atoms with Crippen LogP contribution in [0.2, 0.25) is 0 Å². The molecule has 0 saturated carbocycles. The lowest BCUT2D eigenvalue weighted by Crippen LogP contribution is -2.32. The summed E-state index contributed by atoms with van der Waals surface area (Å²) in [4.78, 5) is 12.9. The number of halogens is 1. The molecule has 4 rings (SSSR count). The largest absolute Gasteiger partial charge is 0.467 e. The standard InChI is InChI=1S/C22H20FN3O2/c1-15-7-9-16(10-8-15)19-13-20(21-6-3-11-28-21)26(25-19)22(27)14-24-18-5-2-4-17(23)12-18/h2-12,20,24H,13-14H2,1H3/t20-/m0/s1. The van der Waals surface area contributed by atoms with Crippen molar-refractivity contribution in [3.8, 4) is 0 Å². The van der Waals surface area contributed by atoms with Crippen LogP contribution < -0.4 is 5.32 Å². The summed E-state index contributed by atoms with van der Waals surface area (Å²) < 4.78 is 18.9. The number of rotatable bonds is 5. The van der Waals surface area contributed by atoms with Crippen LogP contribution in [0.15, 0.2) is 76.4 Å². The van der Waals surface area contributed by atoms with E-state index in [1.807, 2.05) is 37.3 Å². The molecule has 5 nitrogen and oxygen atoms in total. The van der Waals surface area contributed by atoms with Crippen molar-refractivity contribution >= 4 is 17.3 Å². The van der Waals surface area contributed by atoms with E-state index < -0.39 is 0 Å². The van der Waals surface area contributed by atoms with Crippen molar-refractivity contribution in [3.63, 3.8) is 0 Å². The molecular formula is C22H20FN3O2. The molecule has 0 spiro atoms. The first-order chi connectivity index (χ1) is 13.6. The van der Waals surface area contributed by atoms with Crippen molar-refractivity contribution in [3.05, 3.63) is 89.6 Å². The fourth-order valence-corrected chi connectivity index (χ4v) is 3.22. The monoisotopic (exact) mass is 377 g/mol. The van der Waals surface area contributed by atoms with E-state index in [1.165, 1.54) is 17.1 Å². The number of nitrogens with one attached hydrogen (secondary N) is 1. The lowest BCUT2D eigenvalue weighted by atomic mass is 10.0. The summed E-state index contributed by atoms with van der Waals surface area (Å²) >= 11 is 0. The van der Waals surface area contributed by atoms with E-state index in [-0.39, 0.29) is 24.3 Å². The highest BCUT2D eigenvalue weighted by atomic mass is 19.1. The predicted molar refractivity (Wildman–Crippen MR) is 106 cm³/mol. The van der Waals surface area contributed by atoms with E-state index in [4.69, 9.17) is 4.42 Å². The van der Waals surface area contributed by atoms with E-state index in [2.05, 4.69) is 10.4 Å². The highest BCUT2D eigenvalue weighted by Crippen LogP contribution is 2.33. The number of amides is 1. The first kappa shape index (κ1) is 18.0. The number of hydrogen-bond donors (Lipinski definition) is 1. The Labute approximate surface area is 162 Å². The molecule has 0 radical (unpaired) electrons. The maximum atomic E-state index is 13.3. The Hall–Kier alpha value is -3.41. The summed E-state index contributed by atoms with van der Waals surface area (Å²) in [5.41, 5.74) is 3.53. The molecule has 0 saturated heterocycles. The quantitative estimate of drug-likeness (QED) is 0.711. The maximum Gasteiger partial charge on any atom is 0.262 e. The highest BCUT2D eigenvalue weighted by molar-refractivity contribution is 6.03. The zero-order valence-electron chi connectivity index (χ0n) is 15.4. The number of hydrazone groups is 1. The van der Waals surface area contributed by atoms with E-state index in [1.54, 1.807) is 24.5 Å². The van der Waals surface area contributed by atoms with E-state index in [0.29, 0.717) is 17.9 Å². The third kappa shape index (κ3) is 3.81. The fraction of sp³-hybridized carbons (Fsp3) is 0.182. The number of aryl methyl sites for hydroxylation is 1. The average molecular weight is 377 g/mol. The zero-order valence-corrected chi connectivity index (χ0v) is 15.4. The van der Waals surface area contributed by atoms with Gasteiger partial charge < -0.3 is 9.73 Å². The first-order valence-electron chi connectivity index (χ1n) is 9.09. The van der Waals surface area contributed by atoms with Crippen molar-refractivity contribution in [2.45, 2.75) is 19.4 Å². The van der Waals surface area contributed by atoms with Crippen molar-refractivity contribution in [2.75, 3.05) is 11.9 Å². The molecule has 1 aliphatic heterocycles. The molecular weight excluding hydrogens is 357 g/mol. The Morgan fingerprint density at radius 3 is 2.75 bits per heavy atom. The summed E-state index contributed by atoms with van der Waals surface area (Å²) in [5.74, 6) is 0.115. The van der Waals surface area contributed by atoms with Gasteiger partial charge in [0.15, 0.2) is 0 Å². The van der Waals surface area contributed by atoms with Crippen LogP contribution in [0.5, 0.6) is 0 Å². The number of carbonyl (C=O) groups excluding carboxylic acids is 1. The van der Waals surface area contributed by atoms with Gasteiger partial charge in [0, 0.05) is 12.1 Å². The Balaban J connectivity index is 1.55. The van der Waals surface area contributed by atoms with Gasteiger partial charge in [-0.15, -0.1) is 0 Å². The van der Waals surface area contributed by atoms with Crippen LogP contribution in [0.25, 0.3) is 0 Å². The van der Waals surface area contributed by atoms with Crippen LogP contribution in [0.1, 0.15) is 29.3 Å². The SMILES string of the molecule is Cc1ccc(C2=NN(C(=O)CNc3cccc(F)c3)[C@H](c3ccco3)C2)cc1. The minimum absolute atomic E-state index is 0.00530.